The molecule has 2 fully saturated rings. The first-order valence-corrected chi connectivity index (χ1v) is 8.96. The highest BCUT2D eigenvalue weighted by molar-refractivity contribution is 5.79. The number of aromatic nitrogens is 2. The molecule has 0 radical (unpaired) electrons. The lowest BCUT2D eigenvalue weighted by molar-refractivity contribution is -0.148. The number of rotatable bonds is 3. The summed E-state index contributed by atoms with van der Waals surface area (Å²) < 4.78 is 7.86. The molecule has 2 saturated heterocycles. The van der Waals surface area contributed by atoms with E-state index in [1.54, 1.807) is 0 Å². The van der Waals surface area contributed by atoms with Crippen molar-refractivity contribution in [3.05, 3.63) is 18.0 Å². The van der Waals surface area contributed by atoms with Gasteiger partial charge in [-0.05, 0) is 37.7 Å². The van der Waals surface area contributed by atoms with Crippen LogP contribution in [0, 0.1) is 11.8 Å². The van der Waals surface area contributed by atoms with Crippen molar-refractivity contribution in [1.82, 2.24) is 14.7 Å². The molecule has 0 bridgehead atoms. The third-order valence-electron chi connectivity index (χ3n) is 5.42. The number of carbonyl (C=O) groups is 1. The van der Waals surface area contributed by atoms with Gasteiger partial charge in [0.25, 0.3) is 0 Å². The molecule has 2 atom stereocenters. The van der Waals surface area contributed by atoms with Gasteiger partial charge in [0.2, 0.25) is 5.91 Å². The summed E-state index contributed by atoms with van der Waals surface area (Å²) in [7, 11) is 2.00. The molecule has 1 aromatic heterocycles. The number of ether oxygens (including phenoxy) is 1. The zero-order chi connectivity index (χ0) is 16.4. The van der Waals surface area contributed by atoms with Crippen molar-refractivity contribution in [3.63, 3.8) is 0 Å². The van der Waals surface area contributed by atoms with Crippen LogP contribution in [-0.4, -0.2) is 46.4 Å². The van der Waals surface area contributed by atoms with Crippen molar-refractivity contribution < 1.29 is 9.53 Å². The molecular weight excluding hydrogens is 290 g/mol. The number of amides is 1. The summed E-state index contributed by atoms with van der Waals surface area (Å²) in [5.74, 6) is 1.29. The van der Waals surface area contributed by atoms with E-state index in [4.69, 9.17) is 4.74 Å². The fourth-order valence-electron chi connectivity index (χ4n) is 4.14. The van der Waals surface area contributed by atoms with Gasteiger partial charge in [-0.15, -0.1) is 0 Å². The second kappa shape index (κ2) is 7.04. The van der Waals surface area contributed by atoms with Crippen LogP contribution in [0.5, 0.6) is 0 Å². The lowest BCUT2D eigenvalue weighted by Gasteiger charge is -2.39. The molecular formula is C18H29N3O2. The van der Waals surface area contributed by atoms with E-state index >= 15 is 0 Å². The monoisotopic (exact) mass is 319 g/mol. The molecule has 5 heteroatoms. The van der Waals surface area contributed by atoms with Crippen LogP contribution in [0.15, 0.2) is 12.3 Å². The SMILES string of the molecule is CC(C)[C@H]1OCCC[C@@H]1C(=O)N1CCC(c2ccnn2C)CC1. The molecule has 128 valence electrons. The second-order valence-electron chi connectivity index (χ2n) is 7.31. The first-order valence-electron chi connectivity index (χ1n) is 8.96. The van der Waals surface area contributed by atoms with E-state index < -0.39 is 0 Å². The Morgan fingerprint density at radius 1 is 1.30 bits per heavy atom. The third-order valence-corrected chi connectivity index (χ3v) is 5.42. The van der Waals surface area contributed by atoms with Crippen LogP contribution in [-0.2, 0) is 16.6 Å². The molecule has 23 heavy (non-hydrogen) atoms. The average Bonchev–Trinajstić information content (AvgIpc) is 3.00. The molecule has 0 saturated carbocycles. The van der Waals surface area contributed by atoms with Crippen molar-refractivity contribution >= 4 is 5.91 Å². The van der Waals surface area contributed by atoms with E-state index in [1.165, 1.54) is 5.69 Å². The highest BCUT2D eigenvalue weighted by Gasteiger charge is 2.37. The molecule has 1 aromatic rings. The molecule has 0 aliphatic carbocycles. The molecule has 0 spiro atoms. The Labute approximate surface area is 139 Å². The van der Waals surface area contributed by atoms with Gasteiger partial charge in [-0.2, -0.15) is 5.10 Å². The Morgan fingerprint density at radius 3 is 2.65 bits per heavy atom. The molecule has 0 N–H and O–H groups in total. The standard InChI is InChI=1S/C18H29N3O2/c1-13(2)17-15(5-4-12-23-17)18(22)21-10-7-14(8-11-21)16-6-9-19-20(16)3/h6,9,13-15,17H,4-5,7-8,10-12H2,1-3H3/t15-,17+/m0/s1. The number of hydrogen-bond acceptors (Lipinski definition) is 3. The van der Waals surface area contributed by atoms with Crippen LogP contribution < -0.4 is 0 Å². The second-order valence-corrected chi connectivity index (χ2v) is 7.31. The van der Waals surface area contributed by atoms with Gasteiger partial charge in [0.15, 0.2) is 0 Å². The summed E-state index contributed by atoms with van der Waals surface area (Å²) in [6.07, 6.45) is 6.00. The summed E-state index contributed by atoms with van der Waals surface area (Å²) in [6.45, 7) is 6.83. The summed E-state index contributed by atoms with van der Waals surface area (Å²) in [5, 5.41) is 4.27. The van der Waals surface area contributed by atoms with E-state index in [0.717, 1.165) is 45.4 Å². The van der Waals surface area contributed by atoms with Crippen molar-refractivity contribution in [1.29, 1.82) is 0 Å². The number of aryl methyl sites for hydroxylation is 1. The van der Waals surface area contributed by atoms with Crippen LogP contribution in [0.1, 0.15) is 51.1 Å². The Kier molecular flexibility index (Phi) is 5.05. The highest BCUT2D eigenvalue weighted by Crippen LogP contribution is 2.32. The number of carbonyl (C=O) groups excluding carboxylic acids is 1. The van der Waals surface area contributed by atoms with Gasteiger partial charge in [-0.25, -0.2) is 0 Å². The van der Waals surface area contributed by atoms with Crippen molar-refractivity contribution in [2.24, 2.45) is 18.9 Å². The van der Waals surface area contributed by atoms with E-state index in [9.17, 15) is 4.79 Å². The molecule has 1 amide bonds. The van der Waals surface area contributed by atoms with Gasteiger partial charge in [-0.3, -0.25) is 9.48 Å². The Balaban J connectivity index is 1.60. The Morgan fingerprint density at radius 2 is 2.04 bits per heavy atom. The lowest BCUT2D eigenvalue weighted by atomic mass is 9.85. The normalized spacial score (nSPS) is 26.7. The highest BCUT2D eigenvalue weighted by atomic mass is 16.5. The third kappa shape index (κ3) is 3.44. The topological polar surface area (TPSA) is 47.4 Å². The number of nitrogens with zero attached hydrogens (tertiary/aromatic N) is 3. The quantitative estimate of drug-likeness (QED) is 0.860. The maximum absolute atomic E-state index is 13.0. The van der Waals surface area contributed by atoms with Crippen molar-refractivity contribution in [3.8, 4) is 0 Å². The predicted octanol–water partition coefficient (Wildman–Crippen LogP) is 2.58. The van der Waals surface area contributed by atoms with Gasteiger partial charge < -0.3 is 9.64 Å². The van der Waals surface area contributed by atoms with E-state index in [0.29, 0.717) is 17.7 Å². The van der Waals surface area contributed by atoms with E-state index in [2.05, 4.69) is 29.9 Å². The summed E-state index contributed by atoms with van der Waals surface area (Å²) in [4.78, 5) is 15.0. The smallest absolute Gasteiger partial charge is 0.228 e. The summed E-state index contributed by atoms with van der Waals surface area (Å²) in [6, 6.07) is 2.10. The molecule has 3 heterocycles. The van der Waals surface area contributed by atoms with Crippen molar-refractivity contribution in [2.75, 3.05) is 19.7 Å². The fourth-order valence-corrected chi connectivity index (χ4v) is 4.14. The molecule has 2 aliphatic rings. The van der Waals surface area contributed by atoms with Crippen LogP contribution in [0.25, 0.3) is 0 Å². The maximum Gasteiger partial charge on any atom is 0.228 e. The minimum absolute atomic E-state index is 0.0528. The Bertz CT molecular complexity index is 532. The largest absolute Gasteiger partial charge is 0.377 e. The van der Waals surface area contributed by atoms with Crippen LogP contribution >= 0.6 is 0 Å². The average molecular weight is 319 g/mol. The van der Waals surface area contributed by atoms with Gasteiger partial charge in [-0.1, -0.05) is 13.8 Å². The van der Waals surface area contributed by atoms with Crippen LogP contribution in [0.2, 0.25) is 0 Å². The minimum Gasteiger partial charge on any atom is -0.377 e. The number of piperidine rings is 1. The van der Waals surface area contributed by atoms with Gasteiger partial charge in [0, 0.05) is 44.6 Å². The summed E-state index contributed by atoms with van der Waals surface area (Å²) in [5.41, 5.74) is 1.29. The molecule has 5 nitrogen and oxygen atoms in total. The molecule has 2 aliphatic heterocycles. The minimum atomic E-state index is 0.0528. The summed E-state index contributed by atoms with van der Waals surface area (Å²) >= 11 is 0. The van der Waals surface area contributed by atoms with Gasteiger partial charge in [0.05, 0.1) is 12.0 Å². The van der Waals surface area contributed by atoms with Crippen LogP contribution in [0.3, 0.4) is 0 Å². The maximum atomic E-state index is 13.0. The van der Waals surface area contributed by atoms with Gasteiger partial charge in [0.1, 0.15) is 0 Å². The lowest BCUT2D eigenvalue weighted by Crippen LogP contribution is -2.48. The zero-order valence-electron chi connectivity index (χ0n) is 14.6. The first kappa shape index (κ1) is 16.5. The molecule has 3 rings (SSSR count). The van der Waals surface area contributed by atoms with Gasteiger partial charge >= 0.3 is 0 Å². The van der Waals surface area contributed by atoms with Crippen molar-refractivity contribution in [2.45, 2.75) is 51.6 Å². The van der Waals surface area contributed by atoms with Crippen LogP contribution in [0.4, 0.5) is 0 Å². The first-order chi connectivity index (χ1) is 11.1. The predicted molar refractivity (Wildman–Crippen MR) is 89.1 cm³/mol. The molecule has 0 unspecified atom stereocenters. The molecule has 0 aromatic carbocycles. The Hall–Kier alpha value is -1.36. The fraction of sp³-hybridized carbons (Fsp3) is 0.778. The number of hydrogen-bond donors (Lipinski definition) is 0. The van der Waals surface area contributed by atoms with E-state index in [1.807, 2.05) is 17.9 Å². The zero-order valence-corrected chi connectivity index (χ0v) is 14.6. The number of likely N-dealkylation sites (tertiary alicyclic amines) is 1. The van der Waals surface area contributed by atoms with E-state index in [-0.39, 0.29) is 12.0 Å².